The van der Waals surface area contributed by atoms with Gasteiger partial charge in [0.15, 0.2) is 5.82 Å². The van der Waals surface area contributed by atoms with Gasteiger partial charge in [-0.1, -0.05) is 53.7 Å². The first-order chi connectivity index (χ1) is 11.6. The summed E-state index contributed by atoms with van der Waals surface area (Å²) >= 11 is 6.87. The second-order valence-electron chi connectivity index (χ2n) is 4.80. The van der Waals surface area contributed by atoms with Crippen molar-refractivity contribution < 1.29 is 9.18 Å². The summed E-state index contributed by atoms with van der Waals surface area (Å²) < 4.78 is 13.1. The third-order valence-corrected chi connectivity index (χ3v) is 4.18. The molecule has 0 bridgehead atoms. The second kappa shape index (κ2) is 7.46. The lowest BCUT2D eigenvalue weighted by Crippen LogP contribution is -2.14. The van der Waals surface area contributed by atoms with Gasteiger partial charge in [-0.15, -0.1) is 5.10 Å². The van der Waals surface area contributed by atoms with Gasteiger partial charge in [0.25, 0.3) is 0 Å². The Morgan fingerprint density at radius 3 is 2.79 bits per heavy atom. The lowest BCUT2D eigenvalue weighted by atomic mass is 10.2. The van der Waals surface area contributed by atoms with Gasteiger partial charge in [-0.2, -0.15) is 0 Å². The molecule has 5 nitrogen and oxygen atoms in total. The van der Waals surface area contributed by atoms with Crippen LogP contribution in [0.3, 0.4) is 0 Å². The van der Waals surface area contributed by atoms with E-state index in [0.29, 0.717) is 16.7 Å². The van der Waals surface area contributed by atoms with Gasteiger partial charge in [0.2, 0.25) is 11.1 Å². The van der Waals surface area contributed by atoms with E-state index in [1.165, 1.54) is 30.0 Å². The molecule has 1 heterocycles. The summed E-state index contributed by atoms with van der Waals surface area (Å²) in [7, 11) is 0. The van der Waals surface area contributed by atoms with Crippen molar-refractivity contribution in [2.24, 2.45) is 0 Å². The number of thioether (sulfide) groups is 1. The van der Waals surface area contributed by atoms with Crippen LogP contribution in [-0.2, 0) is 4.79 Å². The van der Waals surface area contributed by atoms with E-state index in [1.54, 1.807) is 0 Å². The van der Waals surface area contributed by atoms with Crippen LogP contribution in [0.5, 0.6) is 0 Å². The highest BCUT2D eigenvalue weighted by Crippen LogP contribution is 2.21. The molecule has 0 radical (unpaired) electrons. The van der Waals surface area contributed by atoms with Gasteiger partial charge in [-0.05, 0) is 18.2 Å². The maximum atomic E-state index is 13.1. The maximum Gasteiger partial charge on any atom is 0.234 e. The molecule has 24 heavy (non-hydrogen) atoms. The van der Waals surface area contributed by atoms with Crippen LogP contribution in [0.1, 0.15) is 0 Å². The Morgan fingerprint density at radius 1 is 1.25 bits per heavy atom. The molecule has 0 aliphatic carbocycles. The molecule has 0 unspecified atom stereocenters. The Balaban J connectivity index is 1.56. The third kappa shape index (κ3) is 4.12. The third-order valence-electron chi connectivity index (χ3n) is 3.05. The zero-order valence-corrected chi connectivity index (χ0v) is 13.9. The van der Waals surface area contributed by atoms with Crippen molar-refractivity contribution in [3.05, 3.63) is 59.4 Å². The van der Waals surface area contributed by atoms with Crippen LogP contribution in [-0.4, -0.2) is 26.8 Å². The van der Waals surface area contributed by atoms with Crippen molar-refractivity contribution in [2.45, 2.75) is 5.16 Å². The van der Waals surface area contributed by atoms with Gasteiger partial charge in [0.1, 0.15) is 5.82 Å². The molecule has 1 amide bonds. The van der Waals surface area contributed by atoms with E-state index in [-0.39, 0.29) is 16.7 Å². The minimum absolute atomic E-state index is 0.0399. The van der Waals surface area contributed by atoms with Crippen molar-refractivity contribution in [3.8, 4) is 11.4 Å². The second-order valence-corrected chi connectivity index (χ2v) is 6.15. The Bertz CT molecular complexity index is 856. The number of anilines is 1. The number of aromatic nitrogens is 3. The van der Waals surface area contributed by atoms with E-state index < -0.39 is 5.82 Å². The predicted octanol–water partition coefficient (Wildman–Crippen LogP) is 4.00. The maximum absolute atomic E-state index is 13.1. The van der Waals surface area contributed by atoms with E-state index in [0.717, 1.165) is 5.56 Å². The van der Waals surface area contributed by atoms with E-state index in [2.05, 4.69) is 20.5 Å². The summed E-state index contributed by atoms with van der Waals surface area (Å²) in [4.78, 5) is 16.3. The van der Waals surface area contributed by atoms with Crippen molar-refractivity contribution in [2.75, 3.05) is 11.1 Å². The molecule has 2 N–H and O–H groups in total. The Hall–Kier alpha value is -2.38. The molecule has 0 spiro atoms. The number of benzene rings is 2. The number of hydrogen-bond acceptors (Lipinski definition) is 4. The highest BCUT2D eigenvalue weighted by molar-refractivity contribution is 7.99. The van der Waals surface area contributed by atoms with Crippen LogP contribution in [0.25, 0.3) is 11.4 Å². The van der Waals surface area contributed by atoms with Crippen LogP contribution in [0, 0.1) is 5.82 Å². The van der Waals surface area contributed by atoms with Gasteiger partial charge in [0.05, 0.1) is 10.8 Å². The molecule has 0 aliphatic heterocycles. The lowest BCUT2D eigenvalue weighted by Gasteiger charge is -2.04. The monoisotopic (exact) mass is 362 g/mol. The van der Waals surface area contributed by atoms with Crippen LogP contribution < -0.4 is 5.32 Å². The molecule has 0 saturated heterocycles. The average Bonchev–Trinajstić information content (AvgIpc) is 3.06. The van der Waals surface area contributed by atoms with Gasteiger partial charge in [-0.3, -0.25) is 9.89 Å². The van der Waals surface area contributed by atoms with E-state index >= 15 is 0 Å². The first kappa shape index (κ1) is 16.5. The molecule has 0 atom stereocenters. The fraction of sp³-hybridized carbons (Fsp3) is 0.0625. The number of amides is 1. The lowest BCUT2D eigenvalue weighted by molar-refractivity contribution is -0.113. The molecule has 8 heteroatoms. The number of carbonyl (C=O) groups excluding carboxylic acids is 1. The van der Waals surface area contributed by atoms with Gasteiger partial charge in [0, 0.05) is 11.3 Å². The fourth-order valence-corrected chi connectivity index (χ4v) is 2.72. The van der Waals surface area contributed by atoms with Gasteiger partial charge >= 0.3 is 0 Å². The molecular weight excluding hydrogens is 351 g/mol. The number of nitrogens with one attached hydrogen (secondary N) is 2. The molecule has 1 aromatic heterocycles. The van der Waals surface area contributed by atoms with Crippen molar-refractivity contribution in [1.29, 1.82) is 0 Å². The number of H-pyrrole nitrogens is 1. The predicted molar refractivity (Wildman–Crippen MR) is 92.6 cm³/mol. The van der Waals surface area contributed by atoms with Crippen molar-refractivity contribution in [3.63, 3.8) is 0 Å². The Kier molecular flexibility index (Phi) is 5.12. The van der Waals surface area contributed by atoms with Crippen LogP contribution in [0.2, 0.25) is 5.02 Å². The summed E-state index contributed by atoms with van der Waals surface area (Å²) in [6.07, 6.45) is 0. The summed E-state index contributed by atoms with van der Waals surface area (Å²) in [5.74, 6) is -0.0167. The molecule has 3 rings (SSSR count). The van der Waals surface area contributed by atoms with Crippen molar-refractivity contribution in [1.82, 2.24) is 15.2 Å². The van der Waals surface area contributed by atoms with E-state index in [4.69, 9.17) is 11.6 Å². The summed E-state index contributed by atoms with van der Waals surface area (Å²) in [5, 5.41) is 9.99. The topological polar surface area (TPSA) is 70.7 Å². The fourth-order valence-electron chi connectivity index (χ4n) is 1.94. The normalized spacial score (nSPS) is 10.6. The molecule has 122 valence electrons. The number of rotatable bonds is 5. The number of carbonyl (C=O) groups is 1. The smallest absolute Gasteiger partial charge is 0.234 e. The molecular formula is C16H12ClFN4OS. The van der Waals surface area contributed by atoms with Crippen LogP contribution >= 0.6 is 23.4 Å². The number of nitrogens with zero attached hydrogens (tertiary/aromatic N) is 2. The van der Waals surface area contributed by atoms with Gasteiger partial charge in [-0.25, -0.2) is 9.37 Å². The summed E-state index contributed by atoms with van der Waals surface area (Å²) in [6, 6.07) is 13.6. The first-order valence-corrected chi connectivity index (χ1v) is 8.34. The molecule has 2 aromatic carbocycles. The average molecular weight is 363 g/mol. The molecule has 0 aliphatic rings. The van der Waals surface area contributed by atoms with Crippen LogP contribution in [0.15, 0.2) is 53.7 Å². The molecule has 0 saturated carbocycles. The zero-order valence-electron chi connectivity index (χ0n) is 12.3. The summed E-state index contributed by atoms with van der Waals surface area (Å²) in [6.45, 7) is 0. The SMILES string of the molecule is O=C(CSc1n[nH]c(-c2ccccc2)n1)Nc1ccc(F)c(Cl)c1. The van der Waals surface area contributed by atoms with Crippen LogP contribution in [0.4, 0.5) is 10.1 Å². The zero-order chi connectivity index (χ0) is 16.9. The number of aromatic amines is 1. The van der Waals surface area contributed by atoms with E-state index in [1.807, 2.05) is 30.3 Å². The van der Waals surface area contributed by atoms with Crippen molar-refractivity contribution >= 4 is 35.0 Å². The number of hydrogen-bond donors (Lipinski definition) is 2. The molecule has 0 fully saturated rings. The number of halogens is 2. The minimum Gasteiger partial charge on any atom is -0.325 e. The standard InChI is InChI=1S/C16H12ClFN4OS/c17-12-8-11(6-7-13(12)18)19-14(23)9-24-16-20-15(21-22-16)10-4-2-1-3-5-10/h1-8H,9H2,(H,19,23)(H,20,21,22). The Labute approximate surface area is 146 Å². The largest absolute Gasteiger partial charge is 0.325 e. The Morgan fingerprint density at radius 2 is 2.04 bits per heavy atom. The highest BCUT2D eigenvalue weighted by Gasteiger charge is 2.10. The minimum atomic E-state index is -0.529. The van der Waals surface area contributed by atoms with Gasteiger partial charge < -0.3 is 5.32 Å². The quantitative estimate of drug-likeness (QED) is 0.673. The van der Waals surface area contributed by atoms with E-state index in [9.17, 15) is 9.18 Å². The summed E-state index contributed by atoms with van der Waals surface area (Å²) in [5.41, 5.74) is 1.36. The first-order valence-electron chi connectivity index (χ1n) is 6.97. The molecule has 3 aromatic rings. The highest BCUT2D eigenvalue weighted by atomic mass is 35.5.